The van der Waals surface area contributed by atoms with Crippen molar-refractivity contribution in [3.63, 3.8) is 0 Å². The minimum atomic E-state index is -4.66. The van der Waals surface area contributed by atoms with Gasteiger partial charge in [-0.15, -0.1) is 0 Å². The molecule has 0 bridgehead atoms. The number of carbonyl (C=O) groups is 1. The quantitative estimate of drug-likeness (QED) is 0.750. The van der Waals surface area contributed by atoms with Crippen LogP contribution >= 0.6 is 11.8 Å². The molecule has 0 fully saturated rings. The molecular weight excluding hydrogens is 375 g/mol. The highest BCUT2D eigenvalue weighted by Crippen LogP contribution is 2.36. The van der Waals surface area contributed by atoms with Crippen LogP contribution in [0.3, 0.4) is 0 Å². The van der Waals surface area contributed by atoms with Gasteiger partial charge in [0, 0.05) is 12.2 Å². The van der Waals surface area contributed by atoms with E-state index in [2.05, 4.69) is 10.3 Å². The van der Waals surface area contributed by atoms with Crippen LogP contribution in [0, 0.1) is 18.3 Å². The van der Waals surface area contributed by atoms with Gasteiger partial charge in [-0.3, -0.25) is 4.79 Å². The maximum absolute atomic E-state index is 13.2. The maximum Gasteiger partial charge on any atom is 0.417 e. The van der Waals surface area contributed by atoms with Gasteiger partial charge in [0.2, 0.25) is 5.91 Å². The maximum atomic E-state index is 13.2. The molecule has 1 aromatic carbocycles. The molecule has 0 saturated heterocycles. The summed E-state index contributed by atoms with van der Waals surface area (Å²) in [5.74, 6) is -0.323. The molecule has 2 aromatic rings. The zero-order chi connectivity index (χ0) is 20.0. The van der Waals surface area contributed by atoms with Crippen molar-refractivity contribution in [3.05, 3.63) is 58.8 Å². The minimum absolute atomic E-state index is 0.0875. The fourth-order valence-electron chi connectivity index (χ4n) is 2.40. The number of rotatable bonds is 6. The molecular formula is C19H18F3N3OS. The largest absolute Gasteiger partial charge is 0.417 e. The van der Waals surface area contributed by atoms with E-state index in [-0.39, 0.29) is 16.6 Å². The van der Waals surface area contributed by atoms with E-state index >= 15 is 0 Å². The third-order valence-electron chi connectivity index (χ3n) is 3.74. The average molecular weight is 393 g/mol. The zero-order valence-corrected chi connectivity index (χ0v) is 15.6. The monoisotopic (exact) mass is 393 g/mol. The molecule has 0 saturated carbocycles. The fourth-order valence-corrected chi connectivity index (χ4v) is 3.40. The second-order valence-corrected chi connectivity index (χ2v) is 7.22. The summed E-state index contributed by atoms with van der Waals surface area (Å²) >= 11 is 0.848. The zero-order valence-electron chi connectivity index (χ0n) is 14.8. The Balaban J connectivity index is 2.06. The Hall–Kier alpha value is -2.53. The minimum Gasteiger partial charge on any atom is -0.355 e. The van der Waals surface area contributed by atoms with Crippen molar-refractivity contribution in [2.45, 2.75) is 36.7 Å². The number of pyridine rings is 1. The van der Waals surface area contributed by atoms with Gasteiger partial charge in [0.05, 0.1) is 16.4 Å². The van der Waals surface area contributed by atoms with E-state index in [1.54, 1.807) is 13.0 Å². The molecule has 1 unspecified atom stereocenters. The third-order valence-corrected chi connectivity index (χ3v) is 4.83. The van der Waals surface area contributed by atoms with Crippen LogP contribution in [-0.4, -0.2) is 22.7 Å². The molecule has 1 heterocycles. The standard InChI is InChI=1S/C19H18F3N3OS/c1-12-10-16(19(20,21)22)15(11-23)18(25-12)27-13(2)17(26)24-9-8-14-6-4-3-5-7-14/h3-7,10,13H,8-9H2,1-2H3,(H,24,26). The van der Waals surface area contributed by atoms with Crippen LogP contribution in [0.2, 0.25) is 0 Å². The van der Waals surface area contributed by atoms with Gasteiger partial charge in [-0.2, -0.15) is 18.4 Å². The molecule has 0 aliphatic carbocycles. The number of thioether (sulfide) groups is 1. The molecule has 4 nitrogen and oxygen atoms in total. The highest BCUT2D eigenvalue weighted by molar-refractivity contribution is 8.00. The Labute approximate surface area is 159 Å². The lowest BCUT2D eigenvalue weighted by molar-refractivity contribution is -0.138. The van der Waals surface area contributed by atoms with E-state index in [1.807, 2.05) is 30.3 Å². The molecule has 0 spiro atoms. The molecule has 142 valence electrons. The van der Waals surface area contributed by atoms with Crippen LogP contribution in [0.5, 0.6) is 0 Å². The highest BCUT2D eigenvalue weighted by atomic mass is 32.2. The summed E-state index contributed by atoms with van der Waals surface area (Å²) in [6.45, 7) is 3.40. The van der Waals surface area contributed by atoms with Gasteiger partial charge >= 0.3 is 6.18 Å². The number of nitrogens with one attached hydrogen (secondary N) is 1. The number of amides is 1. The van der Waals surface area contributed by atoms with Crippen LogP contribution in [0.25, 0.3) is 0 Å². The Morgan fingerprint density at radius 1 is 1.33 bits per heavy atom. The summed E-state index contributed by atoms with van der Waals surface area (Å²) in [4.78, 5) is 16.3. The Bertz CT molecular complexity index is 848. The van der Waals surface area contributed by atoms with Crippen molar-refractivity contribution in [1.82, 2.24) is 10.3 Å². The van der Waals surface area contributed by atoms with Gasteiger partial charge in [0.15, 0.2) is 0 Å². The lowest BCUT2D eigenvalue weighted by Gasteiger charge is -2.15. The number of halogens is 3. The molecule has 1 amide bonds. The summed E-state index contributed by atoms with van der Waals surface area (Å²) in [7, 11) is 0. The first-order valence-corrected chi connectivity index (χ1v) is 9.07. The van der Waals surface area contributed by atoms with Crippen molar-refractivity contribution in [2.24, 2.45) is 0 Å². The Morgan fingerprint density at radius 2 is 2.00 bits per heavy atom. The van der Waals surface area contributed by atoms with Crippen molar-refractivity contribution >= 4 is 17.7 Å². The van der Waals surface area contributed by atoms with Crippen molar-refractivity contribution in [3.8, 4) is 6.07 Å². The first-order chi connectivity index (χ1) is 12.7. The second-order valence-electron chi connectivity index (χ2n) is 5.89. The molecule has 1 aromatic heterocycles. The molecule has 1 N–H and O–H groups in total. The van der Waals surface area contributed by atoms with Crippen LogP contribution in [0.1, 0.15) is 29.3 Å². The van der Waals surface area contributed by atoms with Gasteiger partial charge in [0.1, 0.15) is 11.1 Å². The number of nitriles is 1. The number of carbonyl (C=O) groups excluding carboxylic acids is 1. The summed E-state index contributed by atoms with van der Waals surface area (Å²) in [5.41, 5.74) is -0.376. The van der Waals surface area contributed by atoms with Crippen LogP contribution in [-0.2, 0) is 17.4 Å². The van der Waals surface area contributed by atoms with Gasteiger partial charge in [-0.05, 0) is 31.9 Å². The number of aryl methyl sites for hydroxylation is 1. The predicted octanol–water partition coefficient (Wildman–Crippen LogP) is 4.12. The normalized spacial score (nSPS) is 12.3. The number of alkyl halides is 3. The average Bonchev–Trinajstić information content (AvgIpc) is 2.61. The molecule has 0 aliphatic heterocycles. The SMILES string of the molecule is Cc1cc(C(F)(F)F)c(C#N)c(SC(C)C(=O)NCCc2ccccc2)n1. The summed E-state index contributed by atoms with van der Waals surface area (Å²) in [5, 5.41) is 11.1. The third kappa shape index (κ3) is 5.73. The van der Waals surface area contributed by atoms with Gasteiger partial charge in [-0.25, -0.2) is 4.98 Å². The molecule has 0 aliphatic rings. The van der Waals surface area contributed by atoms with E-state index in [0.717, 1.165) is 23.4 Å². The number of hydrogen-bond donors (Lipinski definition) is 1. The lowest BCUT2D eigenvalue weighted by atomic mass is 10.1. The molecule has 27 heavy (non-hydrogen) atoms. The van der Waals surface area contributed by atoms with E-state index in [0.29, 0.717) is 13.0 Å². The summed E-state index contributed by atoms with van der Waals surface area (Å²) < 4.78 is 39.5. The molecule has 2 rings (SSSR count). The molecule has 8 heteroatoms. The Morgan fingerprint density at radius 3 is 2.59 bits per heavy atom. The summed E-state index contributed by atoms with van der Waals surface area (Å²) in [6, 6.07) is 12.0. The second kappa shape index (κ2) is 8.91. The van der Waals surface area contributed by atoms with Crippen molar-refractivity contribution in [1.29, 1.82) is 5.26 Å². The number of hydrogen-bond acceptors (Lipinski definition) is 4. The van der Waals surface area contributed by atoms with E-state index < -0.39 is 22.6 Å². The van der Waals surface area contributed by atoms with E-state index in [1.165, 1.54) is 6.92 Å². The fraction of sp³-hybridized carbons (Fsp3) is 0.316. The number of aromatic nitrogens is 1. The number of benzene rings is 1. The first kappa shape index (κ1) is 20.8. The lowest BCUT2D eigenvalue weighted by Crippen LogP contribution is -2.32. The molecule has 1 atom stereocenters. The van der Waals surface area contributed by atoms with Gasteiger partial charge in [0.25, 0.3) is 0 Å². The van der Waals surface area contributed by atoms with E-state index in [4.69, 9.17) is 5.26 Å². The highest BCUT2D eigenvalue weighted by Gasteiger charge is 2.36. The predicted molar refractivity (Wildman–Crippen MR) is 97.2 cm³/mol. The molecule has 0 radical (unpaired) electrons. The number of nitrogens with zero attached hydrogens (tertiary/aromatic N) is 2. The summed E-state index contributed by atoms with van der Waals surface area (Å²) in [6.07, 6.45) is -4.01. The first-order valence-electron chi connectivity index (χ1n) is 8.19. The topological polar surface area (TPSA) is 65.8 Å². The van der Waals surface area contributed by atoms with Crippen LogP contribution < -0.4 is 5.32 Å². The van der Waals surface area contributed by atoms with Gasteiger partial charge in [-0.1, -0.05) is 42.1 Å². The van der Waals surface area contributed by atoms with Crippen molar-refractivity contribution < 1.29 is 18.0 Å². The van der Waals surface area contributed by atoms with Gasteiger partial charge < -0.3 is 5.32 Å². The van der Waals surface area contributed by atoms with Crippen molar-refractivity contribution in [2.75, 3.05) is 6.54 Å². The smallest absolute Gasteiger partial charge is 0.355 e. The van der Waals surface area contributed by atoms with Crippen LogP contribution in [0.4, 0.5) is 13.2 Å². The van der Waals surface area contributed by atoms with Crippen LogP contribution in [0.15, 0.2) is 41.4 Å². The van der Waals surface area contributed by atoms with E-state index in [9.17, 15) is 18.0 Å². The Kier molecular flexibility index (Phi) is 6.86.